The highest BCUT2D eigenvalue weighted by Gasteiger charge is 2.25. The van der Waals surface area contributed by atoms with E-state index in [9.17, 15) is 9.59 Å². The van der Waals surface area contributed by atoms with Crippen LogP contribution in [0.4, 0.5) is 0 Å². The molecular formula is C26H24O8. The SMILES string of the molecule is CCOc1cc(C(=O)Oc2c(-c3ccco3)oc3ccccc3c2=O)cc(OCC)c1OCC. The average Bonchev–Trinajstić information content (AvgIpc) is 3.37. The van der Waals surface area contributed by atoms with Crippen LogP contribution in [0.3, 0.4) is 0 Å². The Morgan fingerprint density at radius 3 is 2.15 bits per heavy atom. The fourth-order valence-electron chi connectivity index (χ4n) is 3.45. The molecule has 0 aliphatic heterocycles. The number of ether oxygens (including phenoxy) is 4. The third-order valence-corrected chi connectivity index (χ3v) is 4.84. The normalized spacial score (nSPS) is 10.8. The van der Waals surface area contributed by atoms with E-state index in [0.29, 0.717) is 42.7 Å². The van der Waals surface area contributed by atoms with Gasteiger partial charge in [-0.3, -0.25) is 4.79 Å². The Bertz CT molecular complexity index is 1320. The molecule has 34 heavy (non-hydrogen) atoms. The van der Waals surface area contributed by atoms with Gasteiger partial charge in [-0.2, -0.15) is 0 Å². The number of hydrogen-bond acceptors (Lipinski definition) is 8. The fraction of sp³-hybridized carbons (Fsp3) is 0.231. The van der Waals surface area contributed by atoms with E-state index in [-0.39, 0.29) is 28.2 Å². The standard InChI is InChI=1S/C26H24O8/c1-4-29-20-14-16(15-21(30-5-2)23(20)31-6-3)26(28)34-25-22(27)17-10-7-8-11-18(17)33-24(25)19-12-9-13-32-19/h7-15H,4-6H2,1-3H3. The maximum absolute atomic E-state index is 13.2. The van der Waals surface area contributed by atoms with E-state index < -0.39 is 11.4 Å². The number of furan rings is 1. The Kier molecular flexibility index (Phi) is 6.87. The summed E-state index contributed by atoms with van der Waals surface area (Å²) in [5.74, 6) is 0.261. The molecule has 4 aromatic rings. The Morgan fingerprint density at radius 1 is 0.853 bits per heavy atom. The third kappa shape index (κ3) is 4.47. The molecule has 0 spiro atoms. The molecular weight excluding hydrogens is 440 g/mol. The summed E-state index contributed by atoms with van der Waals surface area (Å²) in [7, 11) is 0. The van der Waals surface area contributed by atoms with Gasteiger partial charge in [-0.25, -0.2) is 4.79 Å². The van der Waals surface area contributed by atoms with Crippen LogP contribution in [0.5, 0.6) is 23.0 Å². The summed E-state index contributed by atoms with van der Waals surface area (Å²) < 4.78 is 33.9. The number of carbonyl (C=O) groups excluding carboxylic acids is 1. The first kappa shape index (κ1) is 23.0. The van der Waals surface area contributed by atoms with Crippen LogP contribution in [0.25, 0.3) is 22.5 Å². The van der Waals surface area contributed by atoms with Crippen molar-refractivity contribution in [2.75, 3.05) is 19.8 Å². The molecule has 8 heteroatoms. The summed E-state index contributed by atoms with van der Waals surface area (Å²) in [5, 5.41) is 0.275. The van der Waals surface area contributed by atoms with Gasteiger partial charge in [0.05, 0.1) is 37.0 Å². The van der Waals surface area contributed by atoms with Gasteiger partial charge in [0.2, 0.25) is 22.7 Å². The lowest BCUT2D eigenvalue weighted by Crippen LogP contribution is -2.17. The van der Waals surface area contributed by atoms with E-state index in [1.165, 1.54) is 18.4 Å². The highest BCUT2D eigenvalue weighted by Crippen LogP contribution is 2.40. The Morgan fingerprint density at radius 2 is 1.53 bits per heavy atom. The van der Waals surface area contributed by atoms with Gasteiger partial charge in [-0.15, -0.1) is 0 Å². The van der Waals surface area contributed by atoms with Crippen molar-refractivity contribution in [3.63, 3.8) is 0 Å². The largest absolute Gasteiger partial charge is 0.490 e. The van der Waals surface area contributed by atoms with Crippen LogP contribution in [0.2, 0.25) is 0 Å². The highest BCUT2D eigenvalue weighted by atomic mass is 16.6. The van der Waals surface area contributed by atoms with Crippen LogP contribution in [0.15, 0.2) is 68.4 Å². The molecule has 0 radical (unpaired) electrons. The summed E-state index contributed by atoms with van der Waals surface area (Å²) in [4.78, 5) is 26.5. The smallest absolute Gasteiger partial charge is 0.344 e. The lowest BCUT2D eigenvalue weighted by atomic mass is 10.1. The van der Waals surface area contributed by atoms with E-state index >= 15 is 0 Å². The van der Waals surface area contributed by atoms with Gasteiger partial charge in [-0.05, 0) is 57.2 Å². The van der Waals surface area contributed by atoms with E-state index in [1.54, 1.807) is 36.4 Å². The van der Waals surface area contributed by atoms with Gasteiger partial charge in [0, 0.05) is 0 Å². The zero-order chi connectivity index (χ0) is 24.1. The first-order chi connectivity index (χ1) is 16.6. The van der Waals surface area contributed by atoms with Crippen LogP contribution in [-0.4, -0.2) is 25.8 Å². The van der Waals surface area contributed by atoms with Crippen molar-refractivity contribution in [3.05, 3.63) is 70.6 Å². The number of para-hydroxylation sites is 1. The molecule has 0 aliphatic rings. The van der Waals surface area contributed by atoms with Gasteiger partial charge in [0.1, 0.15) is 5.58 Å². The summed E-state index contributed by atoms with van der Waals surface area (Å²) in [6.45, 7) is 6.55. The molecule has 0 amide bonds. The minimum absolute atomic E-state index is 0.0167. The molecule has 0 saturated heterocycles. The fourth-order valence-corrected chi connectivity index (χ4v) is 3.45. The number of rotatable bonds is 9. The second-order valence-electron chi connectivity index (χ2n) is 7.05. The summed E-state index contributed by atoms with van der Waals surface area (Å²) in [6.07, 6.45) is 1.44. The number of fused-ring (bicyclic) bond motifs is 1. The van der Waals surface area contributed by atoms with Gasteiger partial charge >= 0.3 is 5.97 Å². The van der Waals surface area contributed by atoms with Gasteiger partial charge in [-0.1, -0.05) is 12.1 Å². The van der Waals surface area contributed by atoms with Crippen molar-refractivity contribution in [1.29, 1.82) is 0 Å². The van der Waals surface area contributed by atoms with Crippen molar-refractivity contribution in [1.82, 2.24) is 0 Å². The van der Waals surface area contributed by atoms with E-state index in [0.717, 1.165) is 0 Å². The zero-order valence-corrected chi connectivity index (χ0v) is 19.1. The van der Waals surface area contributed by atoms with Gasteiger partial charge in [0.15, 0.2) is 17.3 Å². The lowest BCUT2D eigenvalue weighted by Gasteiger charge is -2.17. The number of benzene rings is 2. The molecule has 0 unspecified atom stereocenters. The minimum atomic E-state index is -0.791. The molecule has 2 heterocycles. The van der Waals surface area contributed by atoms with Gasteiger partial charge in [0.25, 0.3) is 0 Å². The van der Waals surface area contributed by atoms with Crippen LogP contribution in [0.1, 0.15) is 31.1 Å². The first-order valence-electron chi connectivity index (χ1n) is 11.0. The first-order valence-corrected chi connectivity index (χ1v) is 11.0. The van der Waals surface area contributed by atoms with Crippen molar-refractivity contribution in [3.8, 4) is 34.5 Å². The monoisotopic (exact) mass is 464 g/mol. The maximum atomic E-state index is 13.2. The second kappa shape index (κ2) is 10.2. The van der Waals surface area contributed by atoms with Crippen molar-refractivity contribution in [2.45, 2.75) is 20.8 Å². The predicted molar refractivity (Wildman–Crippen MR) is 125 cm³/mol. The Labute approximate surface area is 195 Å². The molecule has 2 aromatic carbocycles. The van der Waals surface area contributed by atoms with Crippen LogP contribution < -0.4 is 24.4 Å². The molecule has 176 valence electrons. The third-order valence-electron chi connectivity index (χ3n) is 4.84. The number of carbonyl (C=O) groups is 1. The maximum Gasteiger partial charge on any atom is 0.344 e. The van der Waals surface area contributed by atoms with Gasteiger partial charge < -0.3 is 27.8 Å². The molecule has 0 fully saturated rings. The molecule has 0 bridgehead atoms. The topological polar surface area (TPSA) is 97.3 Å². The molecule has 0 N–H and O–H groups in total. The van der Waals surface area contributed by atoms with E-state index in [4.69, 9.17) is 27.8 Å². The van der Waals surface area contributed by atoms with Crippen molar-refractivity contribution in [2.24, 2.45) is 0 Å². The Hall–Kier alpha value is -4.20. The molecule has 4 rings (SSSR count). The molecule has 8 nitrogen and oxygen atoms in total. The van der Waals surface area contributed by atoms with E-state index in [1.807, 2.05) is 20.8 Å². The minimum Gasteiger partial charge on any atom is -0.490 e. The molecule has 0 aliphatic carbocycles. The lowest BCUT2D eigenvalue weighted by molar-refractivity contribution is 0.0730. The summed E-state index contributed by atoms with van der Waals surface area (Å²) >= 11 is 0. The molecule has 0 saturated carbocycles. The van der Waals surface area contributed by atoms with E-state index in [2.05, 4.69) is 0 Å². The number of hydrogen-bond donors (Lipinski definition) is 0. The summed E-state index contributed by atoms with van der Waals surface area (Å²) in [5.41, 5.74) is -0.0343. The van der Waals surface area contributed by atoms with Crippen LogP contribution in [0, 0.1) is 0 Å². The zero-order valence-electron chi connectivity index (χ0n) is 19.1. The average molecular weight is 464 g/mol. The van der Waals surface area contributed by atoms with Crippen LogP contribution >= 0.6 is 0 Å². The summed E-state index contributed by atoms with van der Waals surface area (Å²) in [6, 6.07) is 12.9. The van der Waals surface area contributed by atoms with Crippen LogP contribution in [-0.2, 0) is 0 Å². The predicted octanol–water partition coefficient (Wildman–Crippen LogP) is 5.47. The molecule has 0 atom stereocenters. The number of esters is 1. The van der Waals surface area contributed by atoms with Crippen molar-refractivity contribution < 1.29 is 32.6 Å². The molecule has 2 aromatic heterocycles. The second-order valence-corrected chi connectivity index (χ2v) is 7.05. The highest BCUT2D eigenvalue weighted by molar-refractivity contribution is 5.94. The Balaban J connectivity index is 1.81. The van der Waals surface area contributed by atoms with Crippen molar-refractivity contribution >= 4 is 16.9 Å². The quantitative estimate of drug-likeness (QED) is 0.301.